The van der Waals surface area contributed by atoms with Crippen LogP contribution in [-0.4, -0.2) is 49.9 Å². The fraction of sp³-hybridized carbons (Fsp3) is 0.455. The summed E-state index contributed by atoms with van der Waals surface area (Å²) < 4.78 is 8.62. The van der Waals surface area contributed by atoms with Crippen molar-refractivity contribution >= 4 is 10.9 Å². The van der Waals surface area contributed by atoms with Crippen LogP contribution in [0.1, 0.15) is 37.5 Å². The van der Waals surface area contributed by atoms with Gasteiger partial charge in [-0.1, -0.05) is 29.8 Å². The third-order valence-electron chi connectivity index (χ3n) is 6.03. The van der Waals surface area contributed by atoms with Crippen LogP contribution in [0.4, 0.5) is 0 Å². The van der Waals surface area contributed by atoms with Gasteiger partial charge in [0.1, 0.15) is 18.0 Å². The van der Waals surface area contributed by atoms with Crippen LogP contribution < -0.4 is 0 Å². The molecular weight excluding hydrogens is 350 g/mol. The summed E-state index contributed by atoms with van der Waals surface area (Å²) in [5.41, 5.74) is 3.69. The van der Waals surface area contributed by atoms with Crippen LogP contribution in [0, 0.1) is 0 Å². The summed E-state index contributed by atoms with van der Waals surface area (Å²) in [5, 5.41) is 10.2. The van der Waals surface area contributed by atoms with Gasteiger partial charge in [-0.25, -0.2) is 0 Å². The highest BCUT2D eigenvalue weighted by Gasteiger charge is 2.43. The number of hydrogen-bond donors (Lipinski definition) is 1. The van der Waals surface area contributed by atoms with Crippen molar-refractivity contribution in [1.82, 2.24) is 24.6 Å². The second kappa shape index (κ2) is 6.87. The average molecular weight is 377 g/mol. The van der Waals surface area contributed by atoms with Crippen LogP contribution in [0.3, 0.4) is 0 Å². The van der Waals surface area contributed by atoms with Crippen LogP contribution >= 0.6 is 0 Å². The molecule has 2 aromatic heterocycles. The first kappa shape index (κ1) is 17.6. The van der Waals surface area contributed by atoms with Gasteiger partial charge in [0.25, 0.3) is 0 Å². The molecule has 1 unspecified atom stereocenters. The molecule has 2 aliphatic rings. The van der Waals surface area contributed by atoms with Crippen LogP contribution in [-0.2, 0) is 24.3 Å². The predicted octanol–water partition coefficient (Wildman–Crippen LogP) is 3.29. The number of para-hydroxylation sites is 1. The van der Waals surface area contributed by atoms with Crippen LogP contribution in [0.25, 0.3) is 10.9 Å². The zero-order valence-corrected chi connectivity index (χ0v) is 16.6. The van der Waals surface area contributed by atoms with Gasteiger partial charge in [-0.3, -0.25) is 4.90 Å². The molecule has 28 heavy (non-hydrogen) atoms. The van der Waals surface area contributed by atoms with E-state index in [9.17, 15) is 0 Å². The molecule has 5 rings (SSSR count). The second-order valence-electron chi connectivity index (χ2n) is 8.39. The van der Waals surface area contributed by atoms with Crippen molar-refractivity contribution in [1.29, 1.82) is 0 Å². The molecule has 0 radical (unpaired) electrons. The molecule has 1 fully saturated rings. The molecule has 0 bridgehead atoms. The molecule has 0 saturated carbocycles. The van der Waals surface area contributed by atoms with Crippen molar-refractivity contribution in [2.24, 2.45) is 0 Å². The normalized spacial score (nSPS) is 22.1. The summed E-state index contributed by atoms with van der Waals surface area (Å²) in [6.07, 6.45) is 6.24. The minimum atomic E-state index is -0.111. The highest BCUT2D eigenvalue weighted by Crippen LogP contribution is 2.33. The van der Waals surface area contributed by atoms with Crippen molar-refractivity contribution in [3.05, 3.63) is 59.3 Å². The Kier molecular flexibility index (Phi) is 4.33. The fourth-order valence-electron chi connectivity index (χ4n) is 4.43. The van der Waals surface area contributed by atoms with E-state index < -0.39 is 0 Å². The third-order valence-corrected chi connectivity index (χ3v) is 6.03. The first-order chi connectivity index (χ1) is 13.6. The van der Waals surface area contributed by atoms with E-state index in [1.165, 1.54) is 22.0 Å². The molecule has 1 spiro atoms. The van der Waals surface area contributed by atoms with E-state index in [1.54, 1.807) is 0 Å². The first-order valence-electron chi connectivity index (χ1n) is 10.1. The van der Waals surface area contributed by atoms with Crippen LogP contribution in [0.5, 0.6) is 0 Å². The number of fused-ring (bicyclic) bond motifs is 2. The third kappa shape index (κ3) is 3.16. The molecule has 0 aliphatic carbocycles. The zero-order valence-electron chi connectivity index (χ0n) is 16.6. The van der Waals surface area contributed by atoms with Crippen molar-refractivity contribution in [3.63, 3.8) is 0 Å². The Hall–Kier alpha value is -2.44. The number of nitrogens with one attached hydrogen (secondary N) is 1. The van der Waals surface area contributed by atoms with Gasteiger partial charge < -0.3 is 14.3 Å². The molecule has 146 valence electrons. The summed E-state index contributed by atoms with van der Waals surface area (Å²) in [7, 11) is 0. The van der Waals surface area contributed by atoms with Crippen molar-refractivity contribution in [3.8, 4) is 0 Å². The number of nitrogens with zero attached hydrogens (tertiary/aromatic N) is 4. The molecule has 0 amide bonds. The quantitative estimate of drug-likeness (QED) is 0.709. The minimum Gasteiger partial charge on any atom is -0.364 e. The van der Waals surface area contributed by atoms with Gasteiger partial charge in [0.2, 0.25) is 0 Å². The number of rotatable bonds is 4. The Morgan fingerprint density at radius 1 is 1.25 bits per heavy atom. The molecule has 1 N–H and O–H groups in total. The number of H-pyrrole nitrogens is 1. The molecular formula is C22H27N5O. The lowest BCUT2D eigenvalue weighted by molar-refractivity contribution is -0.0823. The number of allylic oxidation sites excluding steroid dienone is 1. The molecule has 6 nitrogen and oxygen atoms in total. The van der Waals surface area contributed by atoms with E-state index in [0.717, 1.165) is 50.7 Å². The van der Waals surface area contributed by atoms with Gasteiger partial charge in [0.15, 0.2) is 5.82 Å². The molecule has 1 aromatic carbocycles. The second-order valence-corrected chi connectivity index (χ2v) is 8.39. The summed E-state index contributed by atoms with van der Waals surface area (Å²) in [6, 6.07) is 8.42. The molecule has 1 saturated heterocycles. The average Bonchev–Trinajstić information content (AvgIpc) is 3.39. The topological polar surface area (TPSA) is 59.0 Å². The monoisotopic (exact) mass is 377 g/mol. The Labute approximate surface area is 165 Å². The molecule has 3 aromatic rings. The van der Waals surface area contributed by atoms with Crippen LogP contribution in [0.2, 0.25) is 0 Å². The van der Waals surface area contributed by atoms with Gasteiger partial charge in [0, 0.05) is 43.2 Å². The van der Waals surface area contributed by atoms with Crippen LogP contribution in [0.15, 0.2) is 42.1 Å². The van der Waals surface area contributed by atoms with E-state index in [4.69, 9.17) is 4.74 Å². The van der Waals surface area contributed by atoms with Gasteiger partial charge in [-0.05, 0) is 31.9 Å². The van der Waals surface area contributed by atoms with Gasteiger partial charge in [-0.15, -0.1) is 10.2 Å². The predicted molar refractivity (Wildman–Crippen MR) is 109 cm³/mol. The lowest BCUT2D eigenvalue weighted by atomic mass is 10.0. The van der Waals surface area contributed by atoms with Gasteiger partial charge in [-0.2, -0.15) is 0 Å². The van der Waals surface area contributed by atoms with Crippen molar-refractivity contribution in [2.75, 3.05) is 19.6 Å². The summed E-state index contributed by atoms with van der Waals surface area (Å²) in [4.78, 5) is 5.85. The Morgan fingerprint density at radius 3 is 3.04 bits per heavy atom. The summed E-state index contributed by atoms with van der Waals surface area (Å²) >= 11 is 0. The molecule has 2 aliphatic heterocycles. The highest BCUT2D eigenvalue weighted by atomic mass is 16.5. The van der Waals surface area contributed by atoms with Crippen molar-refractivity contribution in [2.45, 2.75) is 45.4 Å². The summed E-state index contributed by atoms with van der Waals surface area (Å²) in [5.74, 6) is 1.98. The first-order valence-corrected chi connectivity index (χ1v) is 10.1. The highest BCUT2D eigenvalue weighted by molar-refractivity contribution is 5.83. The van der Waals surface area contributed by atoms with E-state index in [1.807, 2.05) is 0 Å². The minimum absolute atomic E-state index is 0.111. The number of aromatic nitrogens is 4. The Morgan fingerprint density at radius 2 is 2.14 bits per heavy atom. The maximum absolute atomic E-state index is 6.32. The van der Waals surface area contributed by atoms with E-state index in [-0.39, 0.29) is 5.60 Å². The van der Waals surface area contributed by atoms with E-state index >= 15 is 0 Å². The Bertz CT molecular complexity index is 1030. The van der Waals surface area contributed by atoms with Gasteiger partial charge >= 0.3 is 0 Å². The lowest BCUT2D eigenvalue weighted by Crippen LogP contribution is -2.44. The number of aromatic amines is 1. The molecule has 1 atom stereocenters. The summed E-state index contributed by atoms with van der Waals surface area (Å²) in [6.45, 7) is 8.77. The maximum atomic E-state index is 6.32. The number of ether oxygens (including phenoxy) is 1. The van der Waals surface area contributed by atoms with Crippen molar-refractivity contribution < 1.29 is 4.74 Å². The molecule has 6 heteroatoms. The number of likely N-dealkylation sites (tertiary alicyclic amines) is 1. The Balaban J connectivity index is 1.37. The smallest absolute Gasteiger partial charge is 0.159 e. The lowest BCUT2D eigenvalue weighted by Gasteiger charge is -2.34. The van der Waals surface area contributed by atoms with E-state index in [2.05, 4.69) is 75.0 Å². The molecule has 4 heterocycles. The fourth-order valence-corrected chi connectivity index (χ4v) is 4.43. The van der Waals surface area contributed by atoms with Gasteiger partial charge in [0.05, 0.1) is 6.54 Å². The maximum Gasteiger partial charge on any atom is 0.159 e. The SMILES string of the molecule is CC(C)=CCN1CCC2(C1)Cn1c(nnc1Cc1c[nH]c3ccccc13)CO2. The van der Waals surface area contributed by atoms with E-state index in [0.29, 0.717) is 6.61 Å². The number of hydrogen-bond acceptors (Lipinski definition) is 4. The number of benzene rings is 1. The standard InChI is InChI=1S/C22H27N5O/c1-16(2)7-9-26-10-8-22(14-26)15-27-20(24-25-21(27)13-28-22)11-17-12-23-19-6-4-3-5-18(17)19/h3-7,12,23H,8-11,13-15H2,1-2H3. The largest absolute Gasteiger partial charge is 0.364 e. The zero-order chi connectivity index (χ0) is 19.1.